The molecule has 1 N–H and O–H groups in total. The highest BCUT2D eigenvalue weighted by atomic mass is 16.5. The first-order valence-electron chi connectivity index (χ1n) is 12.0. The standard InChI is InChI=1S/C29H32N2O3/c1-5-19(3)21-9-14-25(15-10-21)33-18-28(32)30-24-12-7-22(8-13-24)29-31-26-17-23(20(4)6-2)11-16-27(26)34-29/h7-17,19-20H,5-6,18H2,1-4H3,(H,30,32). The van der Waals surface area contributed by atoms with Gasteiger partial charge >= 0.3 is 0 Å². The topological polar surface area (TPSA) is 64.4 Å². The first-order valence-corrected chi connectivity index (χ1v) is 12.0. The number of rotatable bonds is 9. The molecule has 0 saturated carbocycles. The van der Waals surface area contributed by atoms with Gasteiger partial charge in [0.05, 0.1) is 0 Å². The number of carbonyl (C=O) groups excluding carboxylic acids is 1. The number of oxazole rings is 1. The van der Waals surface area contributed by atoms with E-state index in [2.05, 4.69) is 62.3 Å². The molecule has 2 unspecified atom stereocenters. The van der Waals surface area contributed by atoms with E-state index < -0.39 is 0 Å². The number of benzene rings is 3. The van der Waals surface area contributed by atoms with E-state index in [1.165, 1.54) is 11.1 Å². The number of carbonyl (C=O) groups is 1. The lowest BCUT2D eigenvalue weighted by molar-refractivity contribution is -0.118. The monoisotopic (exact) mass is 456 g/mol. The Kier molecular flexibility index (Phi) is 7.31. The van der Waals surface area contributed by atoms with Crippen molar-refractivity contribution in [2.75, 3.05) is 11.9 Å². The van der Waals surface area contributed by atoms with Gasteiger partial charge in [0.15, 0.2) is 12.2 Å². The second kappa shape index (κ2) is 10.6. The van der Waals surface area contributed by atoms with Crippen LogP contribution in [0.25, 0.3) is 22.6 Å². The minimum atomic E-state index is -0.210. The average Bonchev–Trinajstić information content (AvgIpc) is 3.30. The van der Waals surface area contributed by atoms with Crippen LogP contribution in [0.3, 0.4) is 0 Å². The molecule has 0 bridgehead atoms. The fraction of sp³-hybridized carbons (Fsp3) is 0.310. The summed E-state index contributed by atoms with van der Waals surface area (Å²) in [7, 11) is 0. The van der Waals surface area contributed by atoms with Gasteiger partial charge in [-0.1, -0.05) is 45.9 Å². The first kappa shape index (κ1) is 23.6. The molecular formula is C29H32N2O3. The molecule has 1 amide bonds. The summed E-state index contributed by atoms with van der Waals surface area (Å²) >= 11 is 0. The van der Waals surface area contributed by atoms with Gasteiger partial charge in [-0.25, -0.2) is 4.98 Å². The van der Waals surface area contributed by atoms with E-state index in [9.17, 15) is 4.79 Å². The summed E-state index contributed by atoms with van der Waals surface area (Å²) in [5.74, 6) is 2.04. The second-order valence-corrected chi connectivity index (χ2v) is 8.85. The van der Waals surface area contributed by atoms with Crippen molar-refractivity contribution < 1.29 is 13.9 Å². The minimum Gasteiger partial charge on any atom is -0.484 e. The molecule has 0 saturated heterocycles. The lowest BCUT2D eigenvalue weighted by atomic mass is 9.98. The Morgan fingerprint density at radius 1 is 0.912 bits per heavy atom. The Balaban J connectivity index is 1.35. The Hall–Kier alpha value is -3.60. The SMILES string of the molecule is CCC(C)c1ccc(OCC(=O)Nc2ccc(-c3nc4cc(C(C)CC)ccc4o3)cc2)cc1. The zero-order valence-corrected chi connectivity index (χ0v) is 20.3. The van der Waals surface area contributed by atoms with Crippen molar-refractivity contribution >= 4 is 22.7 Å². The molecular weight excluding hydrogens is 424 g/mol. The van der Waals surface area contributed by atoms with Crippen LogP contribution in [0.4, 0.5) is 5.69 Å². The van der Waals surface area contributed by atoms with Gasteiger partial charge in [-0.2, -0.15) is 0 Å². The van der Waals surface area contributed by atoms with Crippen LogP contribution in [-0.4, -0.2) is 17.5 Å². The van der Waals surface area contributed by atoms with E-state index in [0.29, 0.717) is 29.2 Å². The third kappa shape index (κ3) is 5.48. The van der Waals surface area contributed by atoms with Gasteiger partial charge in [-0.3, -0.25) is 4.79 Å². The number of amides is 1. The van der Waals surface area contributed by atoms with E-state index in [-0.39, 0.29) is 12.5 Å². The molecule has 0 aliphatic rings. The molecule has 1 aromatic heterocycles. The molecule has 5 nitrogen and oxygen atoms in total. The van der Waals surface area contributed by atoms with Crippen molar-refractivity contribution in [1.29, 1.82) is 0 Å². The summed E-state index contributed by atoms with van der Waals surface area (Å²) in [4.78, 5) is 17.0. The quantitative estimate of drug-likeness (QED) is 0.282. The summed E-state index contributed by atoms with van der Waals surface area (Å²) in [6.45, 7) is 8.71. The van der Waals surface area contributed by atoms with Gasteiger partial charge in [0.25, 0.3) is 5.91 Å². The molecule has 3 aromatic carbocycles. The van der Waals surface area contributed by atoms with Crippen molar-refractivity contribution in [2.24, 2.45) is 0 Å². The molecule has 0 fully saturated rings. The maximum absolute atomic E-state index is 12.3. The summed E-state index contributed by atoms with van der Waals surface area (Å²) < 4.78 is 11.6. The van der Waals surface area contributed by atoms with Gasteiger partial charge in [0.1, 0.15) is 11.3 Å². The first-order chi connectivity index (χ1) is 16.5. The van der Waals surface area contributed by atoms with Gasteiger partial charge in [0, 0.05) is 11.3 Å². The minimum absolute atomic E-state index is 0.0475. The summed E-state index contributed by atoms with van der Waals surface area (Å²) in [5.41, 5.74) is 5.72. The van der Waals surface area contributed by atoms with Crippen molar-refractivity contribution in [3.8, 4) is 17.2 Å². The fourth-order valence-corrected chi connectivity index (χ4v) is 3.78. The Morgan fingerprint density at radius 3 is 2.24 bits per heavy atom. The normalized spacial score (nSPS) is 12.9. The van der Waals surface area contributed by atoms with Crippen LogP contribution in [0, 0.1) is 0 Å². The van der Waals surface area contributed by atoms with Gasteiger partial charge in [0.2, 0.25) is 5.89 Å². The van der Waals surface area contributed by atoms with Crippen LogP contribution in [0.2, 0.25) is 0 Å². The molecule has 2 atom stereocenters. The third-order valence-electron chi connectivity index (χ3n) is 6.44. The third-order valence-corrected chi connectivity index (χ3v) is 6.44. The Labute approximate surface area is 201 Å². The summed E-state index contributed by atoms with van der Waals surface area (Å²) in [6.07, 6.45) is 2.17. The molecule has 0 radical (unpaired) electrons. The second-order valence-electron chi connectivity index (χ2n) is 8.85. The van der Waals surface area contributed by atoms with Crippen LogP contribution in [0.15, 0.2) is 71.1 Å². The lowest BCUT2D eigenvalue weighted by Crippen LogP contribution is -2.20. The maximum atomic E-state index is 12.3. The molecule has 5 heteroatoms. The number of nitrogens with zero attached hydrogens (tertiary/aromatic N) is 1. The number of aromatic nitrogens is 1. The molecule has 0 aliphatic heterocycles. The predicted molar refractivity (Wildman–Crippen MR) is 137 cm³/mol. The predicted octanol–water partition coefficient (Wildman–Crippen LogP) is 7.54. The van der Waals surface area contributed by atoms with Gasteiger partial charge in [-0.15, -0.1) is 0 Å². The number of hydrogen-bond acceptors (Lipinski definition) is 4. The van der Waals surface area contributed by atoms with Crippen molar-refractivity contribution in [1.82, 2.24) is 4.98 Å². The van der Waals surface area contributed by atoms with Crippen LogP contribution >= 0.6 is 0 Å². The van der Waals surface area contributed by atoms with E-state index in [1.807, 2.05) is 42.5 Å². The number of anilines is 1. The lowest BCUT2D eigenvalue weighted by Gasteiger charge is -2.11. The molecule has 4 aromatic rings. The number of fused-ring (bicyclic) bond motifs is 1. The number of hydrogen-bond donors (Lipinski definition) is 1. The van der Waals surface area contributed by atoms with E-state index in [1.54, 1.807) is 0 Å². The highest BCUT2D eigenvalue weighted by molar-refractivity contribution is 5.92. The summed E-state index contributed by atoms with van der Waals surface area (Å²) in [6, 6.07) is 21.6. The zero-order valence-electron chi connectivity index (χ0n) is 20.3. The highest BCUT2D eigenvalue weighted by Gasteiger charge is 2.12. The average molecular weight is 457 g/mol. The van der Waals surface area contributed by atoms with Crippen LogP contribution in [0.1, 0.15) is 63.5 Å². The molecule has 0 spiro atoms. The Bertz CT molecular complexity index is 1240. The van der Waals surface area contributed by atoms with Crippen LogP contribution in [-0.2, 0) is 4.79 Å². The van der Waals surface area contributed by atoms with Crippen molar-refractivity contribution in [2.45, 2.75) is 52.4 Å². The van der Waals surface area contributed by atoms with Crippen LogP contribution < -0.4 is 10.1 Å². The van der Waals surface area contributed by atoms with Crippen molar-refractivity contribution in [3.63, 3.8) is 0 Å². The smallest absolute Gasteiger partial charge is 0.262 e. The fourth-order valence-electron chi connectivity index (χ4n) is 3.78. The number of ether oxygens (including phenoxy) is 1. The molecule has 4 rings (SSSR count). The van der Waals surface area contributed by atoms with Gasteiger partial charge < -0.3 is 14.5 Å². The van der Waals surface area contributed by atoms with E-state index >= 15 is 0 Å². The van der Waals surface area contributed by atoms with Gasteiger partial charge in [-0.05, 0) is 84.3 Å². The zero-order chi connectivity index (χ0) is 24.1. The maximum Gasteiger partial charge on any atom is 0.262 e. The summed E-state index contributed by atoms with van der Waals surface area (Å²) in [5, 5.41) is 2.87. The molecule has 34 heavy (non-hydrogen) atoms. The van der Waals surface area contributed by atoms with Crippen LogP contribution in [0.5, 0.6) is 5.75 Å². The number of nitrogens with one attached hydrogen (secondary N) is 1. The van der Waals surface area contributed by atoms with E-state index in [4.69, 9.17) is 9.15 Å². The highest BCUT2D eigenvalue weighted by Crippen LogP contribution is 2.28. The molecule has 176 valence electrons. The largest absolute Gasteiger partial charge is 0.484 e. The van der Waals surface area contributed by atoms with Crippen molar-refractivity contribution in [3.05, 3.63) is 77.9 Å². The van der Waals surface area contributed by atoms with E-state index in [0.717, 1.165) is 29.5 Å². The molecule has 0 aliphatic carbocycles. The Morgan fingerprint density at radius 2 is 1.56 bits per heavy atom. The molecule has 1 heterocycles.